The van der Waals surface area contributed by atoms with Gasteiger partial charge in [0.1, 0.15) is 5.82 Å². The van der Waals surface area contributed by atoms with Crippen molar-refractivity contribution < 1.29 is 0 Å². The van der Waals surface area contributed by atoms with Crippen LogP contribution in [0.15, 0.2) is 6.07 Å². The molecule has 3 N–H and O–H groups in total. The van der Waals surface area contributed by atoms with Gasteiger partial charge in [-0.25, -0.2) is 4.98 Å². The minimum atomic E-state index is 0.559. The molecule has 0 aliphatic heterocycles. The Hall–Kier alpha value is -1.09. The molecule has 0 amide bonds. The summed E-state index contributed by atoms with van der Waals surface area (Å²) in [6, 6.07) is 2.67. The number of rotatable bonds is 3. The summed E-state index contributed by atoms with van der Waals surface area (Å²) >= 11 is 0. The van der Waals surface area contributed by atoms with E-state index in [1.165, 1.54) is 24.8 Å². The molecular formula is C14H23N3. The van der Waals surface area contributed by atoms with Crippen LogP contribution < -0.4 is 11.1 Å². The molecule has 94 valence electrons. The molecule has 1 aliphatic rings. The van der Waals surface area contributed by atoms with E-state index < -0.39 is 0 Å². The van der Waals surface area contributed by atoms with Crippen LogP contribution in [0.25, 0.3) is 0 Å². The van der Waals surface area contributed by atoms with Crippen LogP contribution >= 0.6 is 0 Å². The van der Waals surface area contributed by atoms with E-state index in [4.69, 9.17) is 5.73 Å². The molecule has 0 saturated heterocycles. The van der Waals surface area contributed by atoms with Gasteiger partial charge in [-0.2, -0.15) is 0 Å². The smallest absolute Gasteiger partial charge is 0.131 e. The Balaban J connectivity index is 2.19. The van der Waals surface area contributed by atoms with E-state index in [0.29, 0.717) is 12.6 Å². The Morgan fingerprint density at radius 3 is 2.76 bits per heavy atom. The third-order valence-electron chi connectivity index (χ3n) is 3.72. The van der Waals surface area contributed by atoms with Crippen molar-refractivity contribution in [2.45, 2.75) is 52.6 Å². The van der Waals surface area contributed by atoms with Crippen molar-refractivity contribution in [3.05, 3.63) is 22.9 Å². The van der Waals surface area contributed by atoms with E-state index in [0.717, 1.165) is 23.0 Å². The first kappa shape index (κ1) is 12.4. The van der Waals surface area contributed by atoms with Gasteiger partial charge in [0.15, 0.2) is 0 Å². The van der Waals surface area contributed by atoms with Crippen molar-refractivity contribution >= 4 is 5.82 Å². The zero-order chi connectivity index (χ0) is 12.4. The lowest BCUT2D eigenvalue weighted by Crippen LogP contribution is -2.19. The van der Waals surface area contributed by atoms with Crippen molar-refractivity contribution in [2.75, 3.05) is 5.32 Å². The SMILES string of the molecule is Cc1cc(C)c(CN)c(NC2CCC(C)C2)n1. The van der Waals surface area contributed by atoms with Gasteiger partial charge in [-0.1, -0.05) is 6.92 Å². The molecule has 2 atom stereocenters. The Morgan fingerprint density at radius 2 is 2.18 bits per heavy atom. The van der Waals surface area contributed by atoms with Gasteiger partial charge in [-0.05, 0) is 50.7 Å². The van der Waals surface area contributed by atoms with Crippen LogP contribution in [0.5, 0.6) is 0 Å². The van der Waals surface area contributed by atoms with Crippen molar-refractivity contribution in [3.8, 4) is 0 Å². The van der Waals surface area contributed by atoms with Crippen molar-refractivity contribution in [3.63, 3.8) is 0 Å². The van der Waals surface area contributed by atoms with Crippen LogP contribution in [-0.4, -0.2) is 11.0 Å². The van der Waals surface area contributed by atoms with Crippen LogP contribution in [0.2, 0.25) is 0 Å². The lowest BCUT2D eigenvalue weighted by Gasteiger charge is -2.18. The van der Waals surface area contributed by atoms with E-state index in [1.54, 1.807) is 0 Å². The minimum Gasteiger partial charge on any atom is -0.367 e. The lowest BCUT2D eigenvalue weighted by atomic mass is 10.1. The Kier molecular flexibility index (Phi) is 3.67. The summed E-state index contributed by atoms with van der Waals surface area (Å²) in [7, 11) is 0. The molecule has 3 heteroatoms. The van der Waals surface area contributed by atoms with Crippen molar-refractivity contribution in [1.82, 2.24) is 4.98 Å². The van der Waals surface area contributed by atoms with Gasteiger partial charge in [-0.15, -0.1) is 0 Å². The summed E-state index contributed by atoms with van der Waals surface area (Å²) in [6.45, 7) is 7.03. The number of aryl methyl sites for hydroxylation is 2. The second-order valence-electron chi connectivity index (χ2n) is 5.37. The third kappa shape index (κ3) is 2.78. The average Bonchev–Trinajstić information content (AvgIpc) is 2.63. The summed E-state index contributed by atoms with van der Waals surface area (Å²) in [5, 5.41) is 3.58. The molecule has 1 aromatic heterocycles. The number of hydrogen-bond donors (Lipinski definition) is 2. The zero-order valence-electron chi connectivity index (χ0n) is 11.1. The standard InChI is InChI=1S/C14H23N3/c1-9-4-5-12(6-9)17-14-13(8-15)10(2)7-11(3)16-14/h7,9,12H,4-6,8,15H2,1-3H3,(H,16,17). The normalized spacial score (nSPS) is 24.0. The first-order chi connectivity index (χ1) is 8.10. The van der Waals surface area contributed by atoms with Crippen LogP contribution in [-0.2, 0) is 6.54 Å². The summed E-state index contributed by atoms with van der Waals surface area (Å²) in [5.41, 5.74) is 9.29. The number of nitrogens with zero attached hydrogens (tertiary/aromatic N) is 1. The van der Waals surface area contributed by atoms with Crippen molar-refractivity contribution in [1.29, 1.82) is 0 Å². The first-order valence-electron chi connectivity index (χ1n) is 6.54. The van der Waals surface area contributed by atoms with Gasteiger partial charge in [0, 0.05) is 23.8 Å². The number of aromatic nitrogens is 1. The molecule has 3 nitrogen and oxygen atoms in total. The van der Waals surface area contributed by atoms with Gasteiger partial charge in [-0.3, -0.25) is 0 Å². The average molecular weight is 233 g/mol. The minimum absolute atomic E-state index is 0.559. The van der Waals surface area contributed by atoms with Gasteiger partial charge in [0.25, 0.3) is 0 Å². The fourth-order valence-electron chi connectivity index (χ4n) is 2.77. The van der Waals surface area contributed by atoms with Gasteiger partial charge >= 0.3 is 0 Å². The summed E-state index contributed by atoms with van der Waals surface area (Å²) in [4.78, 5) is 4.60. The van der Waals surface area contributed by atoms with Gasteiger partial charge < -0.3 is 11.1 Å². The predicted molar refractivity (Wildman–Crippen MR) is 72.0 cm³/mol. The number of anilines is 1. The molecule has 1 fully saturated rings. The van der Waals surface area contributed by atoms with E-state index in [1.807, 2.05) is 6.92 Å². The number of nitrogens with two attached hydrogens (primary N) is 1. The molecule has 1 saturated carbocycles. The Morgan fingerprint density at radius 1 is 1.41 bits per heavy atom. The van der Waals surface area contributed by atoms with E-state index in [-0.39, 0.29) is 0 Å². The summed E-state index contributed by atoms with van der Waals surface area (Å²) < 4.78 is 0. The quantitative estimate of drug-likeness (QED) is 0.844. The van der Waals surface area contributed by atoms with E-state index >= 15 is 0 Å². The zero-order valence-corrected chi connectivity index (χ0v) is 11.1. The third-order valence-corrected chi connectivity index (χ3v) is 3.72. The fraction of sp³-hybridized carbons (Fsp3) is 0.643. The summed E-state index contributed by atoms with van der Waals surface area (Å²) in [5.74, 6) is 1.84. The maximum Gasteiger partial charge on any atom is 0.131 e. The molecule has 2 unspecified atom stereocenters. The Bertz CT molecular complexity index is 401. The maximum absolute atomic E-state index is 5.82. The van der Waals surface area contributed by atoms with Crippen LogP contribution in [0, 0.1) is 19.8 Å². The lowest BCUT2D eigenvalue weighted by molar-refractivity contribution is 0.602. The highest BCUT2D eigenvalue weighted by Crippen LogP contribution is 2.28. The molecule has 1 aromatic rings. The van der Waals surface area contributed by atoms with Crippen molar-refractivity contribution in [2.24, 2.45) is 11.7 Å². The second kappa shape index (κ2) is 5.05. The summed E-state index contributed by atoms with van der Waals surface area (Å²) in [6.07, 6.45) is 3.82. The second-order valence-corrected chi connectivity index (χ2v) is 5.37. The van der Waals surface area contributed by atoms with Gasteiger partial charge in [0.05, 0.1) is 0 Å². The monoisotopic (exact) mass is 233 g/mol. The highest BCUT2D eigenvalue weighted by molar-refractivity contribution is 5.50. The number of hydrogen-bond acceptors (Lipinski definition) is 3. The fourth-order valence-corrected chi connectivity index (χ4v) is 2.77. The highest BCUT2D eigenvalue weighted by Gasteiger charge is 2.22. The topological polar surface area (TPSA) is 50.9 Å². The van der Waals surface area contributed by atoms with E-state index in [9.17, 15) is 0 Å². The van der Waals surface area contributed by atoms with Gasteiger partial charge in [0.2, 0.25) is 0 Å². The molecule has 0 radical (unpaired) electrons. The van der Waals surface area contributed by atoms with Crippen LogP contribution in [0.3, 0.4) is 0 Å². The maximum atomic E-state index is 5.82. The number of pyridine rings is 1. The molecule has 17 heavy (non-hydrogen) atoms. The molecule has 0 spiro atoms. The molecule has 1 aliphatic carbocycles. The van der Waals surface area contributed by atoms with E-state index in [2.05, 4.69) is 30.2 Å². The predicted octanol–water partition coefficient (Wildman–Crippen LogP) is 2.76. The number of nitrogens with one attached hydrogen (secondary N) is 1. The molecular weight excluding hydrogens is 210 g/mol. The highest BCUT2D eigenvalue weighted by atomic mass is 15.0. The molecule has 2 rings (SSSR count). The molecule has 0 bridgehead atoms. The van der Waals surface area contributed by atoms with Crippen LogP contribution in [0.4, 0.5) is 5.82 Å². The largest absolute Gasteiger partial charge is 0.367 e. The van der Waals surface area contributed by atoms with Crippen LogP contribution in [0.1, 0.15) is 43.0 Å². The Labute approximate surface area is 104 Å². The molecule has 0 aromatic carbocycles. The molecule has 1 heterocycles. The first-order valence-corrected chi connectivity index (χ1v) is 6.54.